The Morgan fingerprint density at radius 1 is 1.41 bits per heavy atom. The minimum atomic E-state index is -3.95. The Labute approximate surface area is 127 Å². The van der Waals surface area contributed by atoms with Crippen molar-refractivity contribution in [3.8, 4) is 0 Å². The number of benzene rings is 1. The molecule has 8 nitrogen and oxygen atoms in total. The number of carbonyl (C=O) groups is 1. The maximum atomic E-state index is 12.3. The molecule has 9 heteroatoms. The van der Waals surface area contributed by atoms with Gasteiger partial charge in [0.25, 0.3) is 10.0 Å². The standard InChI is InChI=1S/C13H15N5O3S/c1-18-12-5-4-10(7-11(12)15-17-18)22(20,21)16-13(19)8-2-3-9(14)6-8/h2-5,7-9H,6,14H2,1H3,(H,16,19)/t8-,9+/m0/s1. The number of amides is 1. The second-order valence-electron chi connectivity index (χ2n) is 5.22. The molecule has 0 saturated heterocycles. The van der Waals surface area contributed by atoms with Gasteiger partial charge in [-0.3, -0.25) is 4.79 Å². The van der Waals surface area contributed by atoms with Crippen LogP contribution in [0.5, 0.6) is 0 Å². The van der Waals surface area contributed by atoms with Crippen molar-refractivity contribution in [2.45, 2.75) is 17.4 Å². The molecule has 0 saturated carbocycles. The van der Waals surface area contributed by atoms with E-state index in [-0.39, 0.29) is 10.9 Å². The van der Waals surface area contributed by atoms with Crippen molar-refractivity contribution in [3.05, 3.63) is 30.4 Å². The van der Waals surface area contributed by atoms with Crippen LogP contribution in [0.25, 0.3) is 11.0 Å². The summed E-state index contributed by atoms with van der Waals surface area (Å²) in [5.74, 6) is -1.10. The monoisotopic (exact) mass is 321 g/mol. The van der Waals surface area contributed by atoms with E-state index >= 15 is 0 Å². The fourth-order valence-corrected chi connectivity index (χ4v) is 3.42. The van der Waals surface area contributed by atoms with E-state index in [0.717, 1.165) is 0 Å². The van der Waals surface area contributed by atoms with Gasteiger partial charge in [-0.1, -0.05) is 17.4 Å². The van der Waals surface area contributed by atoms with E-state index in [1.165, 1.54) is 16.8 Å². The number of hydrogen-bond donors (Lipinski definition) is 2. The summed E-state index contributed by atoms with van der Waals surface area (Å²) >= 11 is 0. The summed E-state index contributed by atoms with van der Waals surface area (Å²) in [6.45, 7) is 0. The number of nitrogens with one attached hydrogen (secondary N) is 1. The van der Waals surface area contributed by atoms with Crippen LogP contribution in [-0.2, 0) is 21.9 Å². The van der Waals surface area contributed by atoms with Gasteiger partial charge < -0.3 is 5.73 Å². The first-order valence-corrected chi connectivity index (χ1v) is 8.15. The molecular weight excluding hydrogens is 306 g/mol. The minimum absolute atomic E-state index is 0.0277. The van der Waals surface area contributed by atoms with Gasteiger partial charge in [-0.25, -0.2) is 17.8 Å². The van der Waals surface area contributed by atoms with Gasteiger partial charge in [0.2, 0.25) is 5.91 Å². The first-order chi connectivity index (χ1) is 10.4. The Bertz CT molecular complexity index is 871. The van der Waals surface area contributed by atoms with Gasteiger partial charge in [0, 0.05) is 13.1 Å². The van der Waals surface area contributed by atoms with Gasteiger partial charge in [0.15, 0.2) is 0 Å². The smallest absolute Gasteiger partial charge is 0.264 e. The van der Waals surface area contributed by atoms with E-state index in [4.69, 9.17) is 5.73 Å². The van der Waals surface area contributed by atoms with E-state index in [2.05, 4.69) is 15.0 Å². The van der Waals surface area contributed by atoms with E-state index in [9.17, 15) is 13.2 Å². The molecule has 3 N–H and O–H groups in total. The summed E-state index contributed by atoms with van der Waals surface area (Å²) in [5, 5.41) is 7.68. The third kappa shape index (κ3) is 2.60. The van der Waals surface area contributed by atoms with Crippen molar-refractivity contribution in [1.29, 1.82) is 0 Å². The molecule has 0 unspecified atom stereocenters. The van der Waals surface area contributed by atoms with Crippen molar-refractivity contribution < 1.29 is 13.2 Å². The van der Waals surface area contributed by atoms with Crippen LogP contribution in [0.3, 0.4) is 0 Å². The summed E-state index contributed by atoms with van der Waals surface area (Å²) < 4.78 is 28.2. The Kier molecular flexibility index (Phi) is 3.45. The second kappa shape index (κ2) is 5.18. The van der Waals surface area contributed by atoms with E-state index in [0.29, 0.717) is 17.5 Å². The van der Waals surface area contributed by atoms with Crippen molar-refractivity contribution in [2.75, 3.05) is 0 Å². The Balaban J connectivity index is 1.85. The molecular formula is C13H15N5O3S. The lowest BCUT2D eigenvalue weighted by Gasteiger charge is -2.11. The number of nitrogens with two attached hydrogens (primary N) is 1. The van der Waals surface area contributed by atoms with Crippen molar-refractivity contribution in [2.24, 2.45) is 18.7 Å². The van der Waals surface area contributed by atoms with Crippen molar-refractivity contribution in [1.82, 2.24) is 19.7 Å². The fourth-order valence-electron chi connectivity index (χ4n) is 2.38. The third-order valence-electron chi connectivity index (χ3n) is 3.58. The van der Waals surface area contributed by atoms with Gasteiger partial charge in [-0.15, -0.1) is 5.10 Å². The number of rotatable bonds is 3. The van der Waals surface area contributed by atoms with E-state index in [1.807, 2.05) is 0 Å². The highest BCUT2D eigenvalue weighted by Crippen LogP contribution is 2.19. The highest BCUT2D eigenvalue weighted by Gasteiger charge is 2.27. The number of carbonyl (C=O) groups excluding carboxylic acids is 1. The summed E-state index contributed by atoms with van der Waals surface area (Å²) in [6, 6.07) is 4.18. The predicted octanol–water partition coefficient (Wildman–Crippen LogP) is -0.323. The van der Waals surface area contributed by atoms with Crippen LogP contribution in [0.15, 0.2) is 35.2 Å². The zero-order chi connectivity index (χ0) is 15.9. The molecule has 0 spiro atoms. The molecule has 1 aromatic heterocycles. The average Bonchev–Trinajstić information content (AvgIpc) is 3.05. The maximum Gasteiger partial charge on any atom is 0.264 e. The molecule has 0 fully saturated rings. The Morgan fingerprint density at radius 3 is 2.86 bits per heavy atom. The first-order valence-electron chi connectivity index (χ1n) is 6.67. The predicted molar refractivity (Wildman–Crippen MR) is 79.1 cm³/mol. The summed E-state index contributed by atoms with van der Waals surface area (Å²) in [7, 11) is -2.24. The number of nitrogens with zero attached hydrogens (tertiary/aromatic N) is 3. The molecule has 1 aliphatic rings. The molecule has 1 aromatic carbocycles. The van der Waals surface area contributed by atoms with Crippen LogP contribution >= 0.6 is 0 Å². The summed E-state index contributed by atoms with van der Waals surface area (Å²) in [4.78, 5) is 12.0. The van der Waals surface area contributed by atoms with E-state index in [1.54, 1.807) is 25.3 Å². The number of aryl methyl sites for hydroxylation is 1. The molecule has 116 valence electrons. The highest BCUT2D eigenvalue weighted by molar-refractivity contribution is 7.90. The van der Waals surface area contributed by atoms with Crippen molar-refractivity contribution in [3.63, 3.8) is 0 Å². The number of sulfonamides is 1. The van der Waals surface area contributed by atoms with Crippen LogP contribution in [-0.4, -0.2) is 35.4 Å². The van der Waals surface area contributed by atoms with Crippen molar-refractivity contribution >= 4 is 27.0 Å². The quantitative estimate of drug-likeness (QED) is 0.747. The normalized spacial score (nSPS) is 21.4. The second-order valence-corrected chi connectivity index (χ2v) is 6.91. The zero-order valence-electron chi connectivity index (χ0n) is 11.8. The topological polar surface area (TPSA) is 120 Å². The van der Waals surface area contributed by atoms with Crippen LogP contribution < -0.4 is 10.5 Å². The lowest BCUT2D eigenvalue weighted by molar-refractivity contribution is -0.121. The SMILES string of the molecule is Cn1nnc2cc(S(=O)(=O)NC(=O)[C@H]3C=C[C@@H](N)C3)ccc21. The zero-order valence-corrected chi connectivity index (χ0v) is 12.6. The number of fused-ring (bicyclic) bond motifs is 1. The lowest BCUT2D eigenvalue weighted by atomic mass is 10.1. The molecule has 0 aliphatic heterocycles. The van der Waals surface area contributed by atoms with Gasteiger partial charge >= 0.3 is 0 Å². The first kappa shape index (κ1) is 14.7. The Morgan fingerprint density at radius 2 is 2.18 bits per heavy atom. The van der Waals surface area contributed by atoms with Gasteiger partial charge in [0.05, 0.1) is 16.3 Å². The van der Waals surface area contributed by atoms with Crippen LogP contribution in [0.4, 0.5) is 0 Å². The summed E-state index contributed by atoms with van der Waals surface area (Å²) in [6.07, 6.45) is 3.73. The molecule has 0 bridgehead atoms. The largest absolute Gasteiger partial charge is 0.324 e. The molecule has 1 amide bonds. The van der Waals surface area contributed by atoms with Crippen LogP contribution in [0, 0.1) is 5.92 Å². The van der Waals surface area contributed by atoms with Crippen LogP contribution in [0.2, 0.25) is 0 Å². The van der Waals surface area contributed by atoms with E-state index < -0.39 is 21.8 Å². The maximum absolute atomic E-state index is 12.3. The van der Waals surface area contributed by atoms with Gasteiger partial charge in [-0.2, -0.15) is 0 Å². The average molecular weight is 321 g/mol. The minimum Gasteiger partial charge on any atom is -0.324 e. The van der Waals surface area contributed by atoms with Crippen LogP contribution in [0.1, 0.15) is 6.42 Å². The molecule has 0 radical (unpaired) electrons. The lowest BCUT2D eigenvalue weighted by Crippen LogP contribution is -2.35. The van der Waals surface area contributed by atoms with Gasteiger partial charge in [0.1, 0.15) is 5.52 Å². The molecule has 1 heterocycles. The highest BCUT2D eigenvalue weighted by atomic mass is 32.2. The number of aromatic nitrogens is 3. The summed E-state index contributed by atoms with van der Waals surface area (Å²) in [5.41, 5.74) is 6.82. The molecule has 22 heavy (non-hydrogen) atoms. The van der Waals surface area contributed by atoms with Gasteiger partial charge in [-0.05, 0) is 24.6 Å². The third-order valence-corrected chi connectivity index (χ3v) is 4.93. The molecule has 2 aromatic rings. The number of hydrogen-bond acceptors (Lipinski definition) is 6. The Hall–Kier alpha value is -2.26. The molecule has 2 atom stereocenters. The fraction of sp³-hybridized carbons (Fsp3) is 0.308. The molecule has 3 rings (SSSR count). The molecule has 1 aliphatic carbocycles.